The Labute approximate surface area is 123 Å². The normalized spacial score (nSPS) is 14.1. The van der Waals surface area contributed by atoms with E-state index < -0.39 is 0 Å². The van der Waals surface area contributed by atoms with Crippen LogP contribution >= 0.6 is 23.2 Å². The van der Waals surface area contributed by atoms with Crippen LogP contribution < -0.4 is 0 Å². The molecule has 0 aliphatic heterocycles. The monoisotopic (exact) mass is 296 g/mol. The summed E-state index contributed by atoms with van der Waals surface area (Å²) in [5.41, 5.74) is 2.10. The lowest BCUT2D eigenvalue weighted by Gasteiger charge is -2.18. The fourth-order valence-electron chi connectivity index (χ4n) is 2.11. The fraction of sp³-hybridized carbons (Fsp3) is 0.250. The molecule has 2 unspecified atom stereocenters. The molecule has 0 aliphatic carbocycles. The van der Waals surface area contributed by atoms with Crippen LogP contribution in [0.3, 0.4) is 0 Å². The lowest BCUT2D eigenvalue weighted by Crippen LogP contribution is -2.07. The SMILES string of the molecule is CC(Cc1ccc(F)c(Cl)c1)C(Cl)c1ccccc1. The van der Waals surface area contributed by atoms with Crippen molar-refractivity contribution in [1.29, 1.82) is 0 Å². The first kappa shape index (κ1) is 14.4. The minimum atomic E-state index is -0.386. The predicted molar refractivity (Wildman–Crippen MR) is 79.3 cm³/mol. The summed E-state index contributed by atoms with van der Waals surface area (Å²) in [6, 6.07) is 14.8. The van der Waals surface area contributed by atoms with Crippen molar-refractivity contribution in [2.45, 2.75) is 18.7 Å². The molecule has 19 heavy (non-hydrogen) atoms. The minimum Gasteiger partial charge on any atom is -0.205 e. The van der Waals surface area contributed by atoms with E-state index >= 15 is 0 Å². The van der Waals surface area contributed by atoms with Gasteiger partial charge in [-0.2, -0.15) is 0 Å². The average Bonchev–Trinajstić information content (AvgIpc) is 2.43. The van der Waals surface area contributed by atoms with E-state index in [0.29, 0.717) is 0 Å². The van der Waals surface area contributed by atoms with Crippen molar-refractivity contribution >= 4 is 23.2 Å². The van der Waals surface area contributed by atoms with Crippen LogP contribution in [-0.4, -0.2) is 0 Å². The quantitative estimate of drug-likeness (QED) is 0.641. The Balaban J connectivity index is 2.08. The number of benzene rings is 2. The van der Waals surface area contributed by atoms with E-state index in [1.807, 2.05) is 30.3 Å². The maximum Gasteiger partial charge on any atom is 0.141 e. The van der Waals surface area contributed by atoms with Gasteiger partial charge in [0.15, 0.2) is 0 Å². The first-order valence-electron chi connectivity index (χ1n) is 6.21. The van der Waals surface area contributed by atoms with Crippen molar-refractivity contribution in [1.82, 2.24) is 0 Å². The van der Waals surface area contributed by atoms with Gasteiger partial charge < -0.3 is 0 Å². The van der Waals surface area contributed by atoms with Crippen molar-refractivity contribution in [3.63, 3.8) is 0 Å². The van der Waals surface area contributed by atoms with Crippen LogP contribution in [-0.2, 0) is 6.42 Å². The Morgan fingerprint density at radius 1 is 1.11 bits per heavy atom. The van der Waals surface area contributed by atoms with E-state index in [-0.39, 0.29) is 22.1 Å². The van der Waals surface area contributed by atoms with Crippen LogP contribution in [0.5, 0.6) is 0 Å². The van der Waals surface area contributed by atoms with Gasteiger partial charge in [0.1, 0.15) is 5.82 Å². The molecule has 2 rings (SSSR count). The molecule has 2 aromatic rings. The Morgan fingerprint density at radius 2 is 1.79 bits per heavy atom. The molecule has 0 spiro atoms. The zero-order chi connectivity index (χ0) is 13.8. The summed E-state index contributed by atoms with van der Waals surface area (Å²) in [4.78, 5) is 0. The zero-order valence-corrected chi connectivity index (χ0v) is 12.1. The summed E-state index contributed by atoms with van der Waals surface area (Å²) < 4.78 is 13.1. The smallest absolute Gasteiger partial charge is 0.141 e. The molecular weight excluding hydrogens is 282 g/mol. The van der Waals surface area contributed by atoms with Gasteiger partial charge in [0.05, 0.1) is 10.4 Å². The van der Waals surface area contributed by atoms with Gasteiger partial charge in [-0.05, 0) is 35.6 Å². The Morgan fingerprint density at radius 3 is 2.42 bits per heavy atom. The molecule has 0 heterocycles. The maximum absolute atomic E-state index is 13.1. The molecular formula is C16H15Cl2F. The van der Waals surface area contributed by atoms with Gasteiger partial charge in [0.2, 0.25) is 0 Å². The topological polar surface area (TPSA) is 0 Å². The molecule has 0 fully saturated rings. The molecule has 0 aliphatic rings. The van der Waals surface area contributed by atoms with Crippen LogP contribution in [0.1, 0.15) is 23.4 Å². The second kappa shape index (κ2) is 6.40. The van der Waals surface area contributed by atoms with Crippen molar-refractivity contribution < 1.29 is 4.39 Å². The van der Waals surface area contributed by atoms with Crippen LogP contribution in [0.15, 0.2) is 48.5 Å². The van der Waals surface area contributed by atoms with Crippen LogP contribution in [0.25, 0.3) is 0 Å². The molecule has 0 saturated carbocycles. The Hall–Kier alpha value is -1.05. The highest BCUT2D eigenvalue weighted by molar-refractivity contribution is 6.30. The Bertz CT molecular complexity index is 540. The standard InChI is InChI=1S/C16H15Cl2F/c1-11(16(18)13-5-3-2-4-6-13)9-12-7-8-15(19)14(17)10-12/h2-8,10-11,16H,9H2,1H3. The van der Waals surface area contributed by atoms with Gasteiger partial charge >= 0.3 is 0 Å². The van der Waals surface area contributed by atoms with E-state index in [1.54, 1.807) is 12.1 Å². The summed E-state index contributed by atoms with van der Waals surface area (Å²) in [7, 11) is 0. The molecule has 3 heteroatoms. The highest BCUT2D eigenvalue weighted by atomic mass is 35.5. The van der Waals surface area contributed by atoms with Crippen molar-refractivity contribution in [3.8, 4) is 0 Å². The maximum atomic E-state index is 13.1. The van der Waals surface area contributed by atoms with E-state index in [4.69, 9.17) is 23.2 Å². The molecule has 100 valence electrons. The molecule has 2 atom stereocenters. The molecule has 0 aromatic heterocycles. The molecule has 0 nitrogen and oxygen atoms in total. The second-order valence-corrected chi connectivity index (χ2v) is 5.62. The largest absolute Gasteiger partial charge is 0.205 e. The molecule has 0 saturated heterocycles. The molecule has 0 radical (unpaired) electrons. The third-order valence-corrected chi connectivity index (χ3v) is 4.13. The number of hydrogen-bond acceptors (Lipinski definition) is 0. The van der Waals surface area contributed by atoms with Crippen molar-refractivity contribution in [3.05, 3.63) is 70.5 Å². The van der Waals surface area contributed by atoms with Gasteiger partial charge in [0, 0.05) is 0 Å². The van der Waals surface area contributed by atoms with Crippen LogP contribution in [0, 0.1) is 11.7 Å². The highest BCUT2D eigenvalue weighted by Gasteiger charge is 2.17. The highest BCUT2D eigenvalue weighted by Crippen LogP contribution is 2.31. The van der Waals surface area contributed by atoms with Gasteiger partial charge in [-0.1, -0.05) is 54.9 Å². The van der Waals surface area contributed by atoms with Crippen LogP contribution in [0.2, 0.25) is 5.02 Å². The van der Waals surface area contributed by atoms with E-state index in [0.717, 1.165) is 17.5 Å². The first-order valence-corrected chi connectivity index (χ1v) is 7.02. The second-order valence-electron chi connectivity index (χ2n) is 4.74. The van der Waals surface area contributed by atoms with Gasteiger partial charge in [-0.15, -0.1) is 11.6 Å². The number of rotatable bonds is 4. The van der Waals surface area contributed by atoms with Crippen molar-refractivity contribution in [2.24, 2.45) is 5.92 Å². The first-order chi connectivity index (χ1) is 9.08. The minimum absolute atomic E-state index is 0.0648. The molecule has 0 bridgehead atoms. The van der Waals surface area contributed by atoms with Gasteiger partial charge in [-0.25, -0.2) is 4.39 Å². The van der Waals surface area contributed by atoms with Gasteiger partial charge in [0.25, 0.3) is 0 Å². The molecule has 2 aromatic carbocycles. The molecule has 0 amide bonds. The lowest BCUT2D eigenvalue weighted by atomic mass is 9.94. The van der Waals surface area contributed by atoms with Crippen LogP contribution in [0.4, 0.5) is 4.39 Å². The summed E-state index contributed by atoms with van der Waals surface area (Å²) in [5.74, 6) is -0.144. The summed E-state index contributed by atoms with van der Waals surface area (Å²) in [6.07, 6.45) is 0.767. The summed E-state index contributed by atoms with van der Waals surface area (Å²) in [6.45, 7) is 2.09. The third-order valence-electron chi connectivity index (χ3n) is 3.16. The molecule has 0 N–H and O–H groups in total. The third kappa shape index (κ3) is 3.71. The number of alkyl halides is 1. The van der Waals surface area contributed by atoms with E-state index in [9.17, 15) is 4.39 Å². The predicted octanol–water partition coefficient (Wildman–Crippen LogP) is 5.64. The number of halogens is 3. The van der Waals surface area contributed by atoms with E-state index in [1.165, 1.54) is 6.07 Å². The van der Waals surface area contributed by atoms with Gasteiger partial charge in [-0.3, -0.25) is 0 Å². The van der Waals surface area contributed by atoms with Crippen molar-refractivity contribution in [2.75, 3.05) is 0 Å². The average molecular weight is 297 g/mol. The zero-order valence-electron chi connectivity index (χ0n) is 10.6. The van der Waals surface area contributed by atoms with E-state index in [2.05, 4.69) is 6.92 Å². The summed E-state index contributed by atoms with van der Waals surface area (Å²) >= 11 is 12.3. The summed E-state index contributed by atoms with van der Waals surface area (Å²) in [5, 5.41) is 0.0977. The Kier molecular flexibility index (Phi) is 4.84. The fourth-order valence-corrected chi connectivity index (χ4v) is 2.54. The number of hydrogen-bond donors (Lipinski definition) is 0. The lowest BCUT2D eigenvalue weighted by molar-refractivity contribution is 0.557.